The van der Waals surface area contributed by atoms with Crippen LogP contribution in [0.4, 0.5) is 0 Å². The molecule has 0 aromatic rings. The topological polar surface area (TPSA) is 26.3 Å². The van der Waals surface area contributed by atoms with Gasteiger partial charge in [-0.3, -0.25) is 4.79 Å². The Labute approximate surface area is 88.0 Å². The third-order valence-electron chi connectivity index (χ3n) is 2.62. The molecule has 0 N–H and O–H groups in total. The van der Waals surface area contributed by atoms with Crippen molar-refractivity contribution < 1.29 is 9.53 Å². The van der Waals surface area contributed by atoms with Crippen LogP contribution in [-0.2, 0) is 9.53 Å². The van der Waals surface area contributed by atoms with E-state index in [1.165, 1.54) is 0 Å². The van der Waals surface area contributed by atoms with Crippen molar-refractivity contribution in [2.75, 3.05) is 13.2 Å². The molecule has 2 heteroatoms. The largest absolute Gasteiger partial charge is 0.374 e. The van der Waals surface area contributed by atoms with Gasteiger partial charge in [-0.1, -0.05) is 34.6 Å². The zero-order chi connectivity index (χ0) is 11.2. The van der Waals surface area contributed by atoms with Crippen LogP contribution in [0.25, 0.3) is 0 Å². The van der Waals surface area contributed by atoms with Crippen LogP contribution in [0.15, 0.2) is 0 Å². The van der Waals surface area contributed by atoms with Gasteiger partial charge in [0.15, 0.2) is 5.78 Å². The average molecular weight is 200 g/mol. The minimum absolute atomic E-state index is 0.209. The second-order valence-corrected chi connectivity index (χ2v) is 5.06. The molecule has 0 spiro atoms. The molecule has 0 aromatic heterocycles. The van der Waals surface area contributed by atoms with Crippen molar-refractivity contribution >= 4 is 5.78 Å². The lowest BCUT2D eigenvalue weighted by molar-refractivity contribution is -0.125. The first-order valence-corrected chi connectivity index (χ1v) is 5.47. The summed E-state index contributed by atoms with van der Waals surface area (Å²) in [7, 11) is 0. The van der Waals surface area contributed by atoms with Gasteiger partial charge in [-0.2, -0.15) is 0 Å². The molecule has 0 saturated carbocycles. The van der Waals surface area contributed by atoms with E-state index < -0.39 is 0 Å². The van der Waals surface area contributed by atoms with Crippen LogP contribution >= 0.6 is 0 Å². The van der Waals surface area contributed by atoms with Crippen molar-refractivity contribution in [1.82, 2.24) is 0 Å². The molecule has 14 heavy (non-hydrogen) atoms. The first-order valence-electron chi connectivity index (χ1n) is 5.47. The smallest absolute Gasteiger partial charge is 0.158 e. The fourth-order valence-electron chi connectivity index (χ4n) is 1.04. The quantitative estimate of drug-likeness (QED) is 0.616. The molecule has 0 bridgehead atoms. The van der Waals surface area contributed by atoms with Crippen molar-refractivity contribution in [2.45, 2.75) is 47.5 Å². The molecule has 0 radical (unpaired) electrons. The predicted molar refractivity (Wildman–Crippen MR) is 59.4 cm³/mol. The Hall–Kier alpha value is -0.370. The number of hydrogen-bond acceptors (Lipinski definition) is 2. The Kier molecular flexibility index (Phi) is 6.01. The minimum Gasteiger partial charge on any atom is -0.374 e. The minimum atomic E-state index is 0.209. The van der Waals surface area contributed by atoms with E-state index in [0.29, 0.717) is 18.9 Å². The molecular weight excluding hydrogens is 176 g/mol. The third-order valence-corrected chi connectivity index (χ3v) is 2.62. The first-order chi connectivity index (χ1) is 6.38. The highest BCUT2D eigenvalue weighted by atomic mass is 16.5. The van der Waals surface area contributed by atoms with Gasteiger partial charge in [0.25, 0.3) is 0 Å². The Morgan fingerprint density at radius 3 is 2.36 bits per heavy atom. The van der Waals surface area contributed by atoms with Crippen LogP contribution in [0.3, 0.4) is 0 Å². The number of rotatable bonds is 6. The molecule has 84 valence electrons. The summed E-state index contributed by atoms with van der Waals surface area (Å²) < 4.78 is 5.21. The SMILES string of the molecule is CCCOCC(=O)CC(C)C(C)(C)C. The standard InChI is InChI=1S/C12H24O2/c1-6-7-14-9-11(13)8-10(2)12(3,4)5/h10H,6-9H2,1-5H3. The van der Waals surface area contributed by atoms with E-state index in [0.717, 1.165) is 6.42 Å². The summed E-state index contributed by atoms with van der Waals surface area (Å²) in [5.74, 6) is 0.640. The van der Waals surface area contributed by atoms with E-state index in [1.54, 1.807) is 0 Å². The van der Waals surface area contributed by atoms with Crippen molar-refractivity contribution in [3.8, 4) is 0 Å². The van der Waals surface area contributed by atoms with Gasteiger partial charge in [0.2, 0.25) is 0 Å². The first kappa shape index (κ1) is 13.6. The summed E-state index contributed by atoms with van der Waals surface area (Å²) in [4.78, 5) is 11.4. The Morgan fingerprint density at radius 2 is 1.93 bits per heavy atom. The van der Waals surface area contributed by atoms with Crippen LogP contribution in [0, 0.1) is 11.3 Å². The number of carbonyl (C=O) groups excluding carboxylic acids is 1. The van der Waals surface area contributed by atoms with Crippen LogP contribution in [-0.4, -0.2) is 19.0 Å². The lowest BCUT2D eigenvalue weighted by Crippen LogP contribution is -2.22. The molecule has 1 atom stereocenters. The second kappa shape index (κ2) is 6.18. The van der Waals surface area contributed by atoms with E-state index in [-0.39, 0.29) is 17.8 Å². The van der Waals surface area contributed by atoms with Gasteiger partial charge >= 0.3 is 0 Å². The van der Waals surface area contributed by atoms with Crippen LogP contribution < -0.4 is 0 Å². The van der Waals surface area contributed by atoms with E-state index in [9.17, 15) is 4.79 Å². The Bertz CT molecular complexity index is 168. The molecule has 0 aliphatic carbocycles. The van der Waals surface area contributed by atoms with Gasteiger partial charge in [-0.05, 0) is 17.8 Å². The van der Waals surface area contributed by atoms with Crippen LogP contribution in [0.5, 0.6) is 0 Å². The van der Waals surface area contributed by atoms with Gasteiger partial charge in [-0.15, -0.1) is 0 Å². The van der Waals surface area contributed by atoms with E-state index in [4.69, 9.17) is 4.74 Å². The average Bonchev–Trinajstić information content (AvgIpc) is 2.03. The third kappa shape index (κ3) is 6.14. The second-order valence-electron chi connectivity index (χ2n) is 5.06. The highest BCUT2D eigenvalue weighted by Crippen LogP contribution is 2.27. The molecule has 0 amide bonds. The van der Waals surface area contributed by atoms with Crippen molar-refractivity contribution in [3.63, 3.8) is 0 Å². The molecule has 1 unspecified atom stereocenters. The summed E-state index contributed by atoms with van der Waals surface area (Å²) in [6.07, 6.45) is 1.61. The number of Topliss-reactive ketones (excluding diaryl/α,β-unsaturated/α-hetero) is 1. The lowest BCUT2D eigenvalue weighted by atomic mass is 9.79. The van der Waals surface area contributed by atoms with Crippen LogP contribution in [0.2, 0.25) is 0 Å². The normalized spacial score (nSPS) is 14.1. The van der Waals surface area contributed by atoms with Gasteiger partial charge in [0.05, 0.1) is 0 Å². The Balaban J connectivity index is 3.72. The summed E-state index contributed by atoms with van der Waals surface area (Å²) in [6, 6.07) is 0. The fourth-order valence-corrected chi connectivity index (χ4v) is 1.04. The zero-order valence-electron chi connectivity index (χ0n) is 10.2. The van der Waals surface area contributed by atoms with Crippen LogP contribution in [0.1, 0.15) is 47.5 Å². The van der Waals surface area contributed by atoms with Crippen molar-refractivity contribution in [3.05, 3.63) is 0 Å². The van der Waals surface area contributed by atoms with Gasteiger partial charge in [0.1, 0.15) is 6.61 Å². The fraction of sp³-hybridized carbons (Fsp3) is 0.917. The molecule has 0 fully saturated rings. The summed E-state index contributed by atoms with van der Waals surface area (Å²) in [6.45, 7) is 11.6. The highest BCUT2D eigenvalue weighted by Gasteiger charge is 2.22. The maximum absolute atomic E-state index is 11.4. The summed E-state index contributed by atoms with van der Waals surface area (Å²) in [5.41, 5.74) is 0.209. The monoisotopic (exact) mass is 200 g/mol. The van der Waals surface area contributed by atoms with E-state index >= 15 is 0 Å². The number of hydrogen-bond donors (Lipinski definition) is 0. The van der Waals surface area contributed by atoms with Gasteiger partial charge < -0.3 is 4.74 Å². The molecule has 0 heterocycles. The van der Waals surface area contributed by atoms with Gasteiger partial charge in [-0.25, -0.2) is 0 Å². The van der Waals surface area contributed by atoms with E-state index in [2.05, 4.69) is 27.7 Å². The maximum atomic E-state index is 11.4. The molecule has 0 aliphatic heterocycles. The van der Waals surface area contributed by atoms with Gasteiger partial charge in [0, 0.05) is 13.0 Å². The molecule has 0 aliphatic rings. The molecule has 0 saturated heterocycles. The maximum Gasteiger partial charge on any atom is 0.158 e. The predicted octanol–water partition coefficient (Wildman–Crippen LogP) is 3.05. The number of ether oxygens (including phenoxy) is 1. The molecule has 0 rings (SSSR count). The number of ketones is 1. The van der Waals surface area contributed by atoms with Crippen molar-refractivity contribution in [1.29, 1.82) is 0 Å². The number of carbonyl (C=O) groups is 1. The summed E-state index contributed by atoms with van der Waals surface area (Å²) >= 11 is 0. The highest BCUT2D eigenvalue weighted by molar-refractivity contribution is 5.79. The molecule has 2 nitrogen and oxygen atoms in total. The van der Waals surface area contributed by atoms with E-state index in [1.807, 2.05) is 6.92 Å². The summed E-state index contributed by atoms with van der Waals surface area (Å²) in [5, 5.41) is 0. The van der Waals surface area contributed by atoms with Crippen molar-refractivity contribution in [2.24, 2.45) is 11.3 Å². The lowest BCUT2D eigenvalue weighted by Gasteiger charge is -2.26. The molecule has 0 aromatic carbocycles. The Morgan fingerprint density at radius 1 is 1.36 bits per heavy atom. The zero-order valence-corrected chi connectivity index (χ0v) is 10.2. The molecular formula is C12H24O2.